The fourth-order valence-electron chi connectivity index (χ4n) is 4.15. The molecule has 1 aromatic heterocycles. The second-order valence-corrected chi connectivity index (χ2v) is 8.08. The van der Waals surface area contributed by atoms with Crippen LogP contribution < -0.4 is 5.73 Å². The number of aromatic nitrogens is 2. The summed E-state index contributed by atoms with van der Waals surface area (Å²) in [6.45, 7) is 9.46. The summed E-state index contributed by atoms with van der Waals surface area (Å²) in [4.78, 5) is 6.79. The zero-order valence-electron chi connectivity index (χ0n) is 18.2. The second kappa shape index (κ2) is 9.84. The number of nitrogens with one attached hydrogen (secondary N) is 1. The van der Waals surface area contributed by atoms with Gasteiger partial charge in [0.15, 0.2) is 0 Å². The predicted octanol–water partition coefficient (Wildman–Crippen LogP) is 2.28. The van der Waals surface area contributed by atoms with E-state index < -0.39 is 6.10 Å². The van der Waals surface area contributed by atoms with Gasteiger partial charge in [-0.2, -0.15) is 5.10 Å². The van der Waals surface area contributed by atoms with Crippen LogP contribution in [0.5, 0.6) is 0 Å². The largest absolute Gasteiger partial charge is 0.377 e. The molecule has 1 aliphatic carbocycles. The van der Waals surface area contributed by atoms with E-state index in [1.54, 1.807) is 0 Å². The molecule has 8 heteroatoms. The van der Waals surface area contributed by atoms with Crippen LogP contribution in [0.1, 0.15) is 51.1 Å². The molecule has 30 heavy (non-hydrogen) atoms. The highest BCUT2D eigenvalue weighted by molar-refractivity contribution is 6.01. The summed E-state index contributed by atoms with van der Waals surface area (Å²) in [5.74, 6) is 2.48. The predicted molar refractivity (Wildman–Crippen MR) is 116 cm³/mol. The highest BCUT2D eigenvalue weighted by Gasteiger charge is 2.34. The lowest BCUT2D eigenvalue weighted by Crippen LogP contribution is -2.58. The van der Waals surface area contributed by atoms with Crippen LogP contribution in [-0.4, -0.2) is 71.0 Å². The van der Waals surface area contributed by atoms with E-state index in [1.807, 2.05) is 20.8 Å². The summed E-state index contributed by atoms with van der Waals surface area (Å²) >= 11 is 0. The van der Waals surface area contributed by atoms with Gasteiger partial charge < -0.3 is 15.2 Å². The van der Waals surface area contributed by atoms with E-state index in [9.17, 15) is 4.39 Å². The zero-order chi connectivity index (χ0) is 21.8. The fourth-order valence-corrected chi connectivity index (χ4v) is 4.15. The lowest BCUT2D eigenvalue weighted by atomic mass is 9.95. The molecule has 2 aliphatic rings. The van der Waals surface area contributed by atoms with Crippen LogP contribution in [0.4, 0.5) is 4.39 Å². The first-order valence-corrected chi connectivity index (χ1v) is 10.6. The third-order valence-corrected chi connectivity index (χ3v) is 5.42. The molecule has 0 aromatic carbocycles. The fraction of sp³-hybridized carbons (Fsp3) is 0.636. The first-order valence-electron chi connectivity index (χ1n) is 10.6. The van der Waals surface area contributed by atoms with Crippen LogP contribution in [0.15, 0.2) is 10.8 Å². The quantitative estimate of drug-likeness (QED) is 0.525. The van der Waals surface area contributed by atoms with Crippen molar-refractivity contribution in [3.8, 4) is 12.3 Å². The number of H-pyrrole nitrogens is 1. The average Bonchev–Trinajstić information content (AvgIpc) is 3.09. The molecule has 4 atom stereocenters. The molecule has 1 fully saturated rings. The Labute approximate surface area is 177 Å². The monoisotopic (exact) mass is 417 g/mol. The van der Waals surface area contributed by atoms with Crippen molar-refractivity contribution in [2.45, 2.75) is 71.0 Å². The van der Waals surface area contributed by atoms with Gasteiger partial charge in [0, 0.05) is 31.0 Å². The van der Waals surface area contributed by atoms with E-state index >= 15 is 0 Å². The summed E-state index contributed by atoms with van der Waals surface area (Å²) in [7, 11) is 0. The SMILES string of the molecule is C#CC1COCC(C)N1C(N)CC(=NCC)c1n[nH]c2c1CC(OC(C)C)C(F)=C2. The summed E-state index contributed by atoms with van der Waals surface area (Å²) < 4.78 is 25.7. The molecule has 1 saturated heterocycles. The molecule has 0 saturated carbocycles. The third-order valence-electron chi connectivity index (χ3n) is 5.42. The Morgan fingerprint density at radius 1 is 1.53 bits per heavy atom. The molecule has 3 N–H and O–H groups in total. The number of nitrogens with two attached hydrogens (primary N) is 1. The van der Waals surface area contributed by atoms with Crippen LogP contribution >= 0.6 is 0 Å². The molecule has 0 amide bonds. The van der Waals surface area contributed by atoms with Gasteiger partial charge in [0.25, 0.3) is 0 Å². The Bertz CT molecular complexity index is 841. The van der Waals surface area contributed by atoms with Gasteiger partial charge in [-0.05, 0) is 33.8 Å². The van der Waals surface area contributed by atoms with Crippen molar-refractivity contribution in [1.29, 1.82) is 0 Å². The Morgan fingerprint density at radius 3 is 2.97 bits per heavy atom. The Kier molecular flexibility index (Phi) is 7.42. The molecular weight excluding hydrogens is 385 g/mol. The Hall–Kier alpha value is -2.05. The summed E-state index contributed by atoms with van der Waals surface area (Å²) in [6, 6.07) is -0.0767. The molecule has 1 aromatic rings. The van der Waals surface area contributed by atoms with Gasteiger partial charge in [-0.15, -0.1) is 6.42 Å². The highest BCUT2D eigenvalue weighted by atomic mass is 19.1. The van der Waals surface area contributed by atoms with Gasteiger partial charge >= 0.3 is 0 Å². The molecular formula is C22H32FN5O2. The van der Waals surface area contributed by atoms with Crippen molar-refractivity contribution in [2.75, 3.05) is 19.8 Å². The molecule has 2 heterocycles. The van der Waals surface area contributed by atoms with Crippen LogP contribution in [0, 0.1) is 12.3 Å². The van der Waals surface area contributed by atoms with E-state index in [2.05, 4.69) is 32.9 Å². The number of ether oxygens (including phenoxy) is 2. The second-order valence-electron chi connectivity index (χ2n) is 8.08. The minimum absolute atomic E-state index is 0.0771. The molecule has 0 radical (unpaired) electrons. The maximum Gasteiger partial charge on any atom is 0.131 e. The van der Waals surface area contributed by atoms with E-state index in [0.717, 1.165) is 17.0 Å². The minimum atomic E-state index is -0.615. The number of halogens is 1. The smallest absolute Gasteiger partial charge is 0.131 e. The number of fused-ring (bicyclic) bond motifs is 1. The van der Waals surface area contributed by atoms with Crippen molar-refractivity contribution in [1.82, 2.24) is 15.1 Å². The minimum Gasteiger partial charge on any atom is -0.377 e. The average molecular weight is 418 g/mol. The van der Waals surface area contributed by atoms with E-state index in [-0.39, 0.29) is 30.2 Å². The first kappa shape index (κ1) is 22.6. The molecule has 1 aliphatic heterocycles. The maximum atomic E-state index is 14.4. The number of nitrogens with zero attached hydrogens (tertiary/aromatic N) is 3. The lowest BCUT2D eigenvalue weighted by molar-refractivity contribution is -0.0428. The van der Waals surface area contributed by atoms with Gasteiger partial charge in [-0.1, -0.05) is 5.92 Å². The normalized spacial score (nSPS) is 26.3. The Balaban J connectivity index is 1.85. The third kappa shape index (κ3) is 4.81. The lowest BCUT2D eigenvalue weighted by Gasteiger charge is -2.41. The standard InChI is InChI=1S/C22H32FN5O2/c1-6-15-12-29-11-14(5)28(15)21(24)10-19(25-7-2)22-16-8-20(30-13(3)4)17(23)9-18(16)26-27-22/h1,9,13-15,20-21H,7-8,10-12,24H2,2-5H3,(H,26,27). The van der Waals surface area contributed by atoms with Crippen LogP contribution in [0.2, 0.25) is 0 Å². The van der Waals surface area contributed by atoms with Crippen molar-refractivity contribution < 1.29 is 13.9 Å². The molecule has 3 rings (SSSR count). The van der Waals surface area contributed by atoms with Crippen LogP contribution in [0.3, 0.4) is 0 Å². The molecule has 164 valence electrons. The molecule has 4 unspecified atom stereocenters. The molecule has 7 nitrogen and oxygen atoms in total. The van der Waals surface area contributed by atoms with Crippen LogP contribution in [-0.2, 0) is 15.9 Å². The number of hydrogen-bond donors (Lipinski definition) is 2. The van der Waals surface area contributed by atoms with Crippen molar-refractivity contribution >= 4 is 11.8 Å². The highest BCUT2D eigenvalue weighted by Crippen LogP contribution is 2.30. The van der Waals surface area contributed by atoms with Gasteiger partial charge in [0.2, 0.25) is 0 Å². The number of aromatic amines is 1. The van der Waals surface area contributed by atoms with Gasteiger partial charge in [-0.25, -0.2) is 4.39 Å². The number of aliphatic imine (C=N–C) groups is 1. The summed E-state index contributed by atoms with van der Waals surface area (Å²) in [5, 5.41) is 7.40. The molecule has 0 spiro atoms. The number of terminal acetylenes is 1. The summed E-state index contributed by atoms with van der Waals surface area (Å²) in [5.41, 5.74) is 9.67. The van der Waals surface area contributed by atoms with Gasteiger partial charge in [-0.3, -0.25) is 15.0 Å². The maximum absolute atomic E-state index is 14.4. The van der Waals surface area contributed by atoms with E-state index in [4.69, 9.17) is 21.6 Å². The number of hydrogen-bond acceptors (Lipinski definition) is 6. The van der Waals surface area contributed by atoms with E-state index in [1.165, 1.54) is 6.08 Å². The zero-order valence-corrected chi connectivity index (χ0v) is 18.2. The van der Waals surface area contributed by atoms with E-state index in [0.29, 0.717) is 38.3 Å². The number of rotatable bonds is 7. The van der Waals surface area contributed by atoms with Crippen molar-refractivity contribution in [3.05, 3.63) is 22.8 Å². The van der Waals surface area contributed by atoms with Gasteiger partial charge in [0.05, 0.1) is 42.9 Å². The van der Waals surface area contributed by atoms with Gasteiger partial charge in [0.1, 0.15) is 17.6 Å². The topological polar surface area (TPSA) is 88.8 Å². The molecule has 0 bridgehead atoms. The Morgan fingerprint density at radius 2 is 2.30 bits per heavy atom. The first-order chi connectivity index (χ1) is 14.3. The van der Waals surface area contributed by atoms with Crippen LogP contribution in [0.25, 0.3) is 6.08 Å². The van der Waals surface area contributed by atoms with Crippen molar-refractivity contribution in [2.24, 2.45) is 10.7 Å². The number of morpholine rings is 1. The van der Waals surface area contributed by atoms with Crippen molar-refractivity contribution in [3.63, 3.8) is 0 Å². The summed E-state index contributed by atoms with van der Waals surface area (Å²) in [6.07, 6.45) is 7.03.